The molecule has 0 radical (unpaired) electrons. The van der Waals surface area contributed by atoms with Crippen molar-refractivity contribution >= 4 is 17.0 Å². The predicted molar refractivity (Wildman–Crippen MR) is 94.8 cm³/mol. The Morgan fingerprint density at radius 1 is 1.16 bits per heavy atom. The molecular weight excluding hydrogens is 320 g/mol. The smallest absolute Gasteiger partial charge is 0.309 e. The number of nitrogens with one attached hydrogen (secondary N) is 1. The summed E-state index contributed by atoms with van der Waals surface area (Å²) in [6, 6.07) is 13.4. The minimum Gasteiger partial charge on any atom is -0.493 e. The van der Waals surface area contributed by atoms with E-state index in [1.54, 1.807) is 14.0 Å². The molecule has 0 spiro atoms. The first-order valence-corrected chi connectivity index (χ1v) is 8.13. The number of para-hydroxylation sites is 3. The first-order chi connectivity index (χ1) is 12.2. The standard InChI is InChI=1S/C19H20N2O4/c1-3-24-17(22)11-12-25-18-13(7-6-10-16(18)23-2)19-20-14-8-4-5-9-15(14)21-19/h4-10H,3,11-12H2,1-2H3,(H,20,21). The maximum atomic E-state index is 11.5. The third kappa shape index (κ3) is 3.74. The van der Waals surface area contributed by atoms with Crippen molar-refractivity contribution in [3.05, 3.63) is 42.5 Å². The number of fused-ring (bicyclic) bond motifs is 1. The summed E-state index contributed by atoms with van der Waals surface area (Å²) < 4.78 is 16.2. The van der Waals surface area contributed by atoms with Crippen molar-refractivity contribution < 1.29 is 19.0 Å². The minimum absolute atomic E-state index is 0.172. The van der Waals surface area contributed by atoms with Gasteiger partial charge < -0.3 is 19.2 Å². The largest absolute Gasteiger partial charge is 0.493 e. The number of hydrogen-bond donors (Lipinski definition) is 1. The average molecular weight is 340 g/mol. The van der Waals surface area contributed by atoms with Crippen molar-refractivity contribution in [2.45, 2.75) is 13.3 Å². The van der Waals surface area contributed by atoms with Gasteiger partial charge in [-0.1, -0.05) is 18.2 Å². The molecule has 0 atom stereocenters. The highest BCUT2D eigenvalue weighted by Gasteiger charge is 2.16. The van der Waals surface area contributed by atoms with E-state index in [9.17, 15) is 4.79 Å². The van der Waals surface area contributed by atoms with E-state index in [4.69, 9.17) is 14.2 Å². The van der Waals surface area contributed by atoms with Gasteiger partial charge in [0.05, 0.1) is 43.3 Å². The third-order valence-corrected chi connectivity index (χ3v) is 3.70. The van der Waals surface area contributed by atoms with E-state index < -0.39 is 0 Å². The lowest BCUT2D eigenvalue weighted by atomic mass is 10.1. The molecule has 0 aliphatic heterocycles. The Balaban J connectivity index is 1.89. The highest BCUT2D eigenvalue weighted by atomic mass is 16.5. The van der Waals surface area contributed by atoms with Gasteiger partial charge >= 0.3 is 5.97 Å². The van der Waals surface area contributed by atoms with Gasteiger partial charge in [-0.05, 0) is 31.2 Å². The number of methoxy groups -OCH3 is 1. The normalized spacial score (nSPS) is 10.6. The summed E-state index contributed by atoms with van der Waals surface area (Å²) in [5, 5.41) is 0. The SMILES string of the molecule is CCOC(=O)CCOc1c(OC)cccc1-c1nc2ccccc2[nH]1. The zero-order chi connectivity index (χ0) is 17.6. The van der Waals surface area contributed by atoms with Crippen LogP contribution in [-0.2, 0) is 9.53 Å². The molecule has 0 bridgehead atoms. The van der Waals surface area contributed by atoms with Crippen LogP contribution in [0.5, 0.6) is 11.5 Å². The molecular formula is C19H20N2O4. The van der Waals surface area contributed by atoms with Gasteiger partial charge in [0.15, 0.2) is 11.5 Å². The molecule has 0 fully saturated rings. The second kappa shape index (κ2) is 7.70. The third-order valence-electron chi connectivity index (χ3n) is 3.70. The number of aromatic nitrogens is 2. The van der Waals surface area contributed by atoms with Gasteiger partial charge in [0, 0.05) is 0 Å². The Labute approximate surface area is 145 Å². The molecule has 0 unspecified atom stereocenters. The van der Waals surface area contributed by atoms with Crippen LogP contribution in [0.25, 0.3) is 22.4 Å². The van der Waals surface area contributed by atoms with E-state index in [0.717, 1.165) is 16.6 Å². The number of aromatic amines is 1. The van der Waals surface area contributed by atoms with Crippen LogP contribution in [0.3, 0.4) is 0 Å². The van der Waals surface area contributed by atoms with Gasteiger partial charge in [-0.25, -0.2) is 4.98 Å². The zero-order valence-corrected chi connectivity index (χ0v) is 14.2. The summed E-state index contributed by atoms with van der Waals surface area (Å²) in [5.74, 6) is 1.53. The first-order valence-electron chi connectivity index (χ1n) is 8.13. The van der Waals surface area contributed by atoms with Crippen LogP contribution in [0.2, 0.25) is 0 Å². The number of rotatable bonds is 7. The Hall–Kier alpha value is -3.02. The zero-order valence-electron chi connectivity index (χ0n) is 14.2. The lowest BCUT2D eigenvalue weighted by Crippen LogP contribution is -2.10. The van der Waals surface area contributed by atoms with Crippen molar-refractivity contribution in [2.75, 3.05) is 20.3 Å². The van der Waals surface area contributed by atoms with E-state index in [1.807, 2.05) is 42.5 Å². The average Bonchev–Trinajstić information content (AvgIpc) is 3.06. The van der Waals surface area contributed by atoms with E-state index >= 15 is 0 Å². The Kier molecular flexibility index (Phi) is 5.18. The molecule has 6 heteroatoms. The van der Waals surface area contributed by atoms with Crippen LogP contribution in [0.1, 0.15) is 13.3 Å². The molecule has 0 saturated heterocycles. The topological polar surface area (TPSA) is 73.4 Å². The highest BCUT2D eigenvalue weighted by Crippen LogP contribution is 2.37. The van der Waals surface area contributed by atoms with E-state index in [1.165, 1.54) is 0 Å². The van der Waals surface area contributed by atoms with Crippen LogP contribution < -0.4 is 9.47 Å². The minimum atomic E-state index is -0.289. The molecule has 130 valence electrons. The fourth-order valence-corrected chi connectivity index (χ4v) is 2.56. The molecule has 1 N–H and O–H groups in total. The number of imidazole rings is 1. The van der Waals surface area contributed by atoms with Gasteiger partial charge in [-0.2, -0.15) is 0 Å². The second-order valence-corrected chi connectivity index (χ2v) is 5.34. The lowest BCUT2D eigenvalue weighted by molar-refractivity contribution is -0.143. The van der Waals surface area contributed by atoms with Gasteiger partial charge in [0.25, 0.3) is 0 Å². The van der Waals surface area contributed by atoms with E-state index in [0.29, 0.717) is 23.9 Å². The number of carbonyl (C=O) groups excluding carboxylic acids is 1. The maximum absolute atomic E-state index is 11.5. The van der Waals surface area contributed by atoms with Crippen LogP contribution in [-0.4, -0.2) is 36.3 Å². The molecule has 0 saturated carbocycles. The van der Waals surface area contributed by atoms with Crippen molar-refractivity contribution in [2.24, 2.45) is 0 Å². The molecule has 0 amide bonds. The van der Waals surface area contributed by atoms with E-state index in [-0.39, 0.29) is 19.0 Å². The summed E-state index contributed by atoms with van der Waals surface area (Å²) in [6.07, 6.45) is 0.172. The predicted octanol–water partition coefficient (Wildman–Crippen LogP) is 3.57. The van der Waals surface area contributed by atoms with Crippen LogP contribution >= 0.6 is 0 Å². The van der Waals surface area contributed by atoms with Crippen LogP contribution in [0.4, 0.5) is 0 Å². The fraction of sp³-hybridized carbons (Fsp3) is 0.263. The van der Waals surface area contributed by atoms with Gasteiger partial charge in [0.2, 0.25) is 0 Å². The molecule has 3 aromatic rings. The van der Waals surface area contributed by atoms with Gasteiger partial charge in [-0.15, -0.1) is 0 Å². The molecule has 1 aromatic heterocycles. The van der Waals surface area contributed by atoms with Crippen LogP contribution in [0.15, 0.2) is 42.5 Å². The molecule has 3 rings (SSSR count). The number of benzene rings is 2. The van der Waals surface area contributed by atoms with Crippen molar-refractivity contribution in [3.63, 3.8) is 0 Å². The number of H-pyrrole nitrogens is 1. The summed E-state index contributed by atoms with van der Waals surface area (Å²) in [4.78, 5) is 19.4. The molecule has 6 nitrogen and oxygen atoms in total. The highest BCUT2D eigenvalue weighted by molar-refractivity contribution is 5.81. The summed E-state index contributed by atoms with van der Waals surface area (Å²) in [6.45, 7) is 2.34. The molecule has 25 heavy (non-hydrogen) atoms. The van der Waals surface area contributed by atoms with Crippen LogP contribution in [0, 0.1) is 0 Å². The van der Waals surface area contributed by atoms with Crippen molar-refractivity contribution in [1.29, 1.82) is 0 Å². The molecule has 0 aliphatic carbocycles. The van der Waals surface area contributed by atoms with Crippen molar-refractivity contribution in [3.8, 4) is 22.9 Å². The van der Waals surface area contributed by atoms with Crippen molar-refractivity contribution in [1.82, 2.24) is 9.97 Å². The fourth-order valence-electron chi connectivity index (χ4n) is 2.56. The molecule has 1 heterocycles. The Bertz CT molecular complexity index is 840. The Morgan fingerprint density at radius 3 is 2.76 bits per heavy atom. The maximum Gasteiger partial charge on any atom is 0.309 e. The number of ether oxygens (including phenoxy) is 3. The quantitative estimate of drug-likeness (QED) is 0.666. The summed E-state index contributed by atoms with van der Waals surface area (Å²) in [7, 11) is 1.58. The van der Waals surface area contributed by atoms with Gasteiger partial charge in [-0.3, -0.25) is 4.79 Å². The monoisotopic (exact) mass is 340 g/mol. The Morgan fingerprint density at radius 2 is 2.00 bits per heavy atom. The first kappa shape index (κ1) is 16.8. The molecule has 0 aliphatic rings. The summed E-state index contributed by atoms with van der Waals surface area (Å²) in [5.41, 5.74) is 2.59. The summed E-state index contributed by atoms with van der Waals surface area (Å²) >= 11 is 0. The number of hydrogen-bond acceptors (Lipinski definition) is 5. The lowest BCUT2D eigenvalue weighted by Gasteiger charge is -2.13. The second-order valence-electron chi connectivity index (χ2n) is 5.34. The van der Waals surface area contributed by atoms with Gasteiger partial charge in [0.1, 0.15) is 5.82 Å². The van der Waals surface area contributed by atoms with E-state index in [2.05, 4.69) is 9.97 Å². The molecule has 2 aromatic carbocycles. The number of carbonyl (C=O) groups is 1. The number of nitrogens with zero attached hydrogens (tertiary/aromatic N) is 1. The number of esters is 1.